The quantitative estimate of drug-likeness (QED) is 0.660. The summed E-state index contributed by atoms with van der Waals surface area (Å²) >= 11 is 0. The maximum absolute atomic E-state index is 11.8. The van der Waals surface area contributed by atoms with Crippen LogP contribution in [0.15, 0.2) is 54.6 Å². The molecule has 0 unspecified atom stereocenters. The molecule has 0 fully saturated rings. The summed E-state index contributed by atoms with van der Waals surface area (Å²) in [6, 6.07) is 18.3. The van der Waals surface area contributed by atoms with E-state index in [2.05, 4.69) is 22.8 Å². The molecule has 0 aliphatic heterocycles. The SMILES string of the molecule is COc1ccc(CCNC(=O)CCNCCc2ccccc2)cc1. The molecule has 0 atom stereocenters. The fourth-order valence-corrected chi connectivity index (χ4v) is 2.43. The lowest BCUT2D eigenvalue weighted by atomic mass is 10.1. The molecule has 128 valence electrons. The van der Waals surface area contributed by atoms with Gasteiger partial charge >= 0.3 is 0 Å². The minimum atomic E-state index is 0.0933. The molecule has 0 saturated heterocycles. The van der Waals surface area contributed by atoms with E-state index >= 15 is 0 Å². The molecule has 1 amide bonds. The topological polar surface area (TPSA) is 50.4 Å². The summed E-state index contributed by atoms with van der Waals surface area (Å²) in [5, 5.41) is 6.27. The van der Waals surface area contributed by atoms with E-state index in [9.17, 15) is 4.79 Å². The van der Waals surface area contributed by atoms with E-state index in [-0.39, 0.29) is 5.91 Å². The van der Waals surface area contributed by atoms with Crippen molar-refractivity contribution in [2.75, 3.05) is 26.7 Å². The van der Waals surface area contributed by atoms with Crippen molar-refractivity contribution in [3.05, 3.63) is 65.7 Å². The molecule has 0 heterocycles. The first-order chi connectivity index (χ1) is 11.8. The molecule has 2 rings (SSSR count). The molecular formula is C20H26N2O2. The van der Waals surface area contributed by atoms with Gasteiger partial charge in [-0.15, -0.1) is 0 Å². The zero-order chi connectivity index (χ0) is 17.0. The van der Waals surface area contributed by atoms with E-state index in [1.807, 2.05) is 42.5 Å². The highest BCUT2D eigenvalue weighted by atomic mass is 16.5. The smallest absolute Gasteiger partial charge is 0.221 e. The Hall–Kier alpha value is -2.33. The zero-order valence-electron chi connectivity index (χ0n) is 14.3. The van der Waals surface area contributed by atoms with Crippen molar-refractivity contribution < 1.29 is 9.53 Å². The molecule has 24 heavy (non-hydrogen) atoms. The summed E-state index contributed by atoms with van der Waals surface area (Å²) < 4.78 is 5.13. The Kier molecular flexibility index (Phi) is 7.84. The van der Waals surface area contributed by atoms with Crippen LogP contribution in [0.4, 0.5) is 0 Å². The summed E-state index contributed by atoms with van der Waals surface area (Å²) in [5.41, 5.74) is 2.51. The van der Waals surface area contributed by atoms with E-state index in [0.29, 0.717) is 19.5 Å². The number of amides is 1. The maximum atomic E-state index is 11.8. The van der Waals surface area contributed by atoms with Gasteiger partial charge in [0, 0.05) is 19.5 Å². The number of methoxy groups -OCH3 is 1. The van der Waals surface area contributed by atoms with Gasteiger partial charge in [0.25, 0.3) is 0 Å². The van der Waals surface area contributed by atoms with Crippen molar-refractivity contribution in [3.63, 3.8) is 0 Å². The molecule has 0 saturated carbocycles. The third-order valence-corrected chi connectivity index (χ3v) is 3.86. The van der Waals surface area contributed by atoms with Crippen LogP contribution >= 0.6 is 0 Å². The number of benzene rings is 2. The number of carbonyl (C=O) groups is 1. The van der Waals surface area contributed by atoms with E-state index < -0.39 is 0 Å². The van der Waals surface area contributed by atoms with Crippen LogP contribution < -0.4 is 15.4 Å². The average molecular weight is 326 g/mol. The van der Waals surface area contributed by atoms with Crippen molar-refractivity contribution >= 4 is 5.91 Å². The molecule has 0 aliphatic rings. The molecule has 0 aromatic heterocycles. The van der Waals surface area contributed by atoms with Gasteiger partial charge in [-0.2, -0.15) is 0 Å². The maximum Gasteiger partial charge on any atom is 0.221 e. The Morgan fingerprint density at radius 3 is 2.25 bits per heavy atom. The van der Waals surface area contributed by atoms with Crippen LogP contribution in [0.2, 0.25) is 0 Å². The van der Waals surface area contributed by atoms with Crippen LogP contribution in [0.25, 0.3) is 0 Å². The van der Waals surface area contributed by atoms with Gasteiger partial charge in [-0.05, 0) is 42.6 Å². The van der Waals surface area contributed by atoms with Crippen molar-refractivity contribution in [1.29, 1.82) is 0 Å². The van der Waals surface area contributed by atoms with Gasteiger partial charge in [0.1, 0.15) is 5.75 Å². The largest absolute Gasteiger partial charge is 0.497 e. The molecule has 0 spiro atoms. The summed E-state index contributed by atoms with van der Waals surface area (Å²) in [6.07, 6.45) is 2.33. The first-order valence-electron chi connectivity index (χ1n) is 8.42. The molecule has 2 N–H and O–H groups in total. The van der Waals surface area contributed by atoms with E-state index in [1.165, 1.54) is 11.1 Å². The van der Waals surface area contributed by atoms with Gasteiger partial charge in [-0.25, -0.2) is 0 Å². The third-order valence-electron chi connectivity index (χ3n) is 3.86. The van der Waals surface area contributed by atoms with E-state index in [0.717, 1.165) is 25.1 Å². The van der Waals surface area contributed by atoms with Crippen molar-refractivity contribution in [2.24, 2.45) is 0 Å². The van der Waals surface area contributed by atoms with Crippen LogP contribution in [0.5, 0.6) is 5.75 Å². The average Bonchev–Trinajstić information content (AvgIpc) is 2.63. The number of ether oxygens (including phenoxy) is 1. The Morgan fingerprint density at radius 1 is 0.875 bits per heavy atom. The number of carbonyl (C=O) groups excluding carboxylic acids is 1. The minimum absolute atomic E-state index is 0.0933. The van der Waals surface area contributed by atoms with Crippen LogP contribution in [-0.2, 0) is 17.6 Å². The first kappa shape index (κ1) is 18.0. The molecule has 4 heteroatoms. The highest BCUT2D eigenvalue weighted by Crippen LogP contribution is 2.11. The zero-order valence-corrected chi connectivity index (χ0v) is 14.3. The Bertz CT molecular complexity index is 597. The third kappa shape index (κ3) is 6.84. The predicted molar refractivity (Wildman–Crippen MR) is 97.3 cm³/mol. The van der Waals surface area contributed by atoms with Gasteiger partial charge in [0.05, 0.1) is 7.11 Å². The van der Waals surface area contributed by atoms with Gasteiger partial charge in [-0.1, -0.05) is 42.5 Å². The number of rotatable bonds is 10. The number of hydrogen-bond acceptors (Lipinski definition) is 3. The molecule has 4 nitrogen and oxygen atoms in total. The second-order valence-corrected chi connectivity index (χ2v) is 5.68. The monoisotopic (exact) mass is 326 g/mol. The second kappa shape index (κ2) is 10.4. The van der Waals surface area contributed by atoms with Crippen molar-refractivity contribution in [1.82, 2.24) is 10.6 Å². The number of hydrogen-bond donors (Lipinski definition) is 2. The van der Waals surface area contributed by atoms with Crippen LogP contribution in [0.1, 0.15) is 17.5 Å². The highest BCUT2D eigenvalue weighted by Gasteiger charge is 2.01. The van der Waals surface area contributed by atoms with Crippen LogP contribution in [-0.4, -0.2) is 32.7 Å². The molecule has 2 aromatic carbocycles. The molecule has 0 aliphatic carbocycles. The Labute approximate surface area is 144 Å². The fraction of sp³-hybridized carbons (Fsp3) is 0.350. The van der Waals surface area contributed by atoms with Crippen LogP contribution in [0, 0.1) is 0 Å². The van der Waals surface area contributed by atoms with Gasteiger partial charge in [0.2, 0.25) is 5.91 Å². The predicted octanol–water partition coefficient (Wildman–Crippen LogP) is 2.58. The van der Waals surface area contributed by atoms with Crippen LogP contribution in [0.3, 0.4) is 0 Å². The molecule has 2 aromatic rings. The molecular weight excluding hydrogens is 300 g/mol. The summed E-state index contributed by atoms with van der Waals surface area (Å²) in [5.74, 6) is 0.945. The first-order valence-corrected chi connectivity index (χ1v) is 8.42. The lowest BCUT2D eigenvalue weighted by Gasteiger charge is -2.07. The minimum Gasteiger partial charge on any atom is -0.497 e. The van der Waals surface area contributed by atoms with E-state index in [1.54, 1.807) is 7.11 Å². The Morgan fingerprint density at radius 2 is 1.54 bits per heavy atom. The lowest BCUT2D eigenvalue weighted by Crippen LogP contribution is -2.29. The summed E-state index contributed by atoms with van der Waals surface area (Å²) in [7, 11) is 1.66. The van der Waals surface area contributed by atoms with Crippen molar-refractivity contribution in [2.45, 2.75) is 19.3 Å². The number of nitrogens with one attached hydrogen (secondary N) is 2. The Balaban J connectivity index is 1.51. The second-order valence-electron chi connectivity index (χ2n) is 5.68. The van der Waals surface area contributed by atoms with Gasteiger partial charge < -0.3 is 15.4 Å². The lowest BCUT2D eigenvalue weighted by molar-refractivity contribution is -0.120. The fourth-order valence-electron chi connectivity index (χ4n) is 2.43. The van der Waals surface area contributed by atoms with E-state index in [4.69, 9.17) is 4.74 Å². The van der Waals surface area contributed by atoms with Gasteiger partial charge in [-0.3, -0.25) is 4.79 Å². The summed E-state index contributed by atoms with van der Waals surface area (Å²) in [4.78, 5) is 11.8. The van der Waals surface area contributed by atoms with Gasteiger partial charge in [0.15, 0.2) is 0 Å². The summed E-state index contributed by atoms with van der Waals surface area (Å²) in [6.45, 7) is 2.26. The standard InChI is InChI=1S/C20H26N2O2/c1-24-19-9-7-18(8-10-19)12-16-22-20(23)13-15-21-14-11-17-5-3-2-4-6-17/h2-10,21H,11-16H2,1H3,(H,22,23). The molecule has 0 bridgehead atoms. The van der Waals surface area contributed by atoms with Crippen molar-refractivity contribution in [3.8, 4) is 5.75 Å². The highest BCUT2D eigenvalue weighted by molar-refractivity contribution is 5.76. The normalized spacial score (nSPS) is 10.4. The molecule has 0 radical (unpaired) electrons.